The van der Waals surface area contributed by atoms with E-state index in [0.717, 1.165) is 11.1 Å². The molecule has 2 aromatic carbocycles. The third-order valence-electron chi connectivity index (χ3n) is 7.20. The van der Waals surface area contributed by atoms with E-state index in [4.69, 9.17) is 0 Å². The molecular weight excluding hydrogens is 554 g/mol. The molecule has 5 amide bonds. The molecule has 3 aromatic rings. The molecule has 0 bridgehead atoms. The summed E-state index contributed by atoms with van der Waals surface area (Å²) in [4.78, 5) is 65.9. The number of anilines is 2. The predicted octanol–water partition coefficient (Wildman–Crippen LogP) is 0.622. The topological polar surface area (TPSA) is 191 Å². The monoisotopic (exact) mass is 589 g/mol. The van der Waals surface area contributed by atoms with E-state index in [-0.39, 0.29) is 42.9 Å². The number of aromatic amines is 1. The molecule has 1 aliphatic rings. The Labute approximate surface area is 248 Å². The van der Waals surface area contributed by atoms with E-state index in [1.165, 1.54) is 11.8 Å². The number of aromatic nitrogens is 4. The van der Waals surface area contributed by atoms with Crippen molar-refractivity contribution in [2.24, 2.45) is 5.92 Å². The van der Waals surface area contributed by atoms with Crippen LogP contribution in [0.1, 0.15) is 44.1 Å². The summed E-state index contributed by atoms with van der Waals surface area (Å²) in [5, 5.41) is 24.3. The summed E-state index contributed by atoms with van der Waals surface area (Å²) in [6, 6.07) is 12.5. The van der Waals surface area contributed by atoms with E-state index >= 15 is 0 Å². The number of H-pyrrole nitrogens is 1. The van der Waals surface area contributed by atoms with Gasteiger partial charge in [-0.15, -0.1) is 10.2 Å². The van der Waals surface area contributed by atoms with Gasteiger partial charge in [0.05, 0.1) is 19.5 Å². The molecule has 0 saturated carbocycles. The van der Waals surface area contributed by atoms with E-state index in [9.17, 15) is 24.0 Å². The fraction of sp³-hybridized carbons (Fsp3) is 0.379. The largest absolute Gasteiger partial charge is 0.347 e. The molecule has 2 heterocycles. The first-order valence-corrected chi connectivity index (χ1v) is 14.0. The number of tetrazole rings is 1. The smallest absolute Gasteiger partial charge is 0.247 e. The third-order valence-corrected chi connectivity index (χ3v) is 7.20. The van der Waals surface area contributed by atoms with E-state index in [1.807, 2.05) is 44.2 Å². The molecule has 0 unspecified atom stereocenters. The molecule has 43 heavy (non-hydrogen) atoms. The zero-order valence-electron chi connectivity index (χ0n) is 24.2. The van der Waals surface area contributed by atoms with Crippen molar-refractivity contribution < 1.29 is 24.0 Å². The summed E-state index contributed by atoms with van der Waals surface area (Å²) in [7, 11) is 0. The molecule has 5 N–H and O–H groups in total. The van der Waals surface area contributed by atoms with E-state index in [2.05, 4.69) is 41.9 Å². The predicted molar refractivity (Wildman–Crippen MR) is 156 cm³/mol. The maximum atomic E-state index is 13.6. The van der Waals surface area contributed by atoms with Gasteiger partial charge in [0.2, 0.25) is 29.5 Å². The Balaban J connectivity index is 1.48. The van der Waals surface area contributed by atoms with Crippen LogP contribution in [0.25, 0.3) is 0 Å². The number of fused-ring (bicyclic) bond motifs is 1. The summed E-state index contributed by atoms with van der Waals surface area (Å²) >= 11 is 0. The lowest BCUT2D eigenvalue weighted by molar-refractivity contribution is -0.131. The Morgan fingerprint density at radius 3 is 2.51 bits per heavy atom. The van der Waals surface area contributed by atoms with Crippen LogP contribution in [0.5, 0.6) is 0 Å². The Hall–Kier alpha value is -5.14. The van der Waals surface area contributed by atoms with Crippen LogP contribution >= 0.6 is 0 Å². The molecule has 0 saturated heterocycles. The first kappa shape index (κ1) is 30.8. The molecule has 0 fully saturated rings. The lowest BCUT2D eigenvalue weighted by atomic mass is 9.98. The maximum absolute atomic E-state index is 13.6. The highest BCUT2D eigenvalue weighted by Gasteiger charge is 2.39. The molecule has 0 aliphatic carbocycles. The van der Waals surface area contributed by atoms with Gasteiger partial charge in [0.25, 0.3) is 0 Å². The maximum Gasteiger partial charge on any atom is 0.247 e. The van der Waals surface area contributed by atoms with Gasteiger partial charge in [0, 0.05) is 24.7 Å². The fourth-order valence-corrected chi connectivity index (χ4v) is 4.83. The highest BCUT2D eigenvalue weighted by molar-refractivity contribution is 6.06. The number of hydrogen-bond donors (Lipinski definition) is 5. The molecule has 0 radical (unpaired) electrons. The lowest BCUT2D eigenvalue weighted by Gasteiger charge is -2.27. The first-order chi connectivity index (χ1) is 20.7. The third kappa shape index (κ3) is 7.99. The van der Waals surface area contributed by atoms with E-state index in [0.29, 0.717) is 17.8 Å². The summed E-state index contributed by atoms with van der Waals surface area (Å²) in [5.74, 6) is -2.02. The molecule has 1 aromatic heterocycles. The number of nitrogens with one attached hydrogen (secondary N) is 5. The minimum Gasteiger partial charge on any atom is -0.347 e. The average molecular weight is 590 g/mol. The van der Waals surface area contributed by atoms with Crippen LogP contribution in [0.4, 0.5) is 11.4 Å². The molecule has 4 rings (SSSR count). The minimum absolute atomic E-state index is 0.00263. The highest BCUT2D eigenvalue weighted by atomic mass is 16.2. The number of benzene rings is 2. The van der Waals surface area contributed by atoms with Gasteiger partial charge in [0.1, 0.15) is 12.1 Å². The average Bonchev–Trinajstić information content (AvgIpc) is 3.65. The SMILES string of the molecule is CC[C@H](C)[C@H](NC(=O)Cc1ccccc1)C(=O)NCC(=O)N1c2cc(NC(C)=O)ccc2C[C@H]1C(=O)NCc1nn[nH]n1. The second-order valence-electron chi connectivity index (χ2n) is 10.4. The van der Waals surface area contributed by atoms with Crippen LogP contribution in [0, 0.1) is 5.92 Å². The van der Waals surface area contributed by atoms with Gasteiger partial charge in [-0.1, -0.05) is 61.9 Å². The standard InChI is InChI=1S/C29H35N9O5/c1-4-17(2)27(33-25(40)12-19-8-6-5-7-9-19)29(43)31-16-26(41)38-22-14-21(32-18(3)39)11-10-20(22)13-23(38)28(42)30-15-24-34-36-37-35-24/h5-11,14,17,23,27H,4,12-13,15-16H2,1-3H3,(H,30,42)(H,31,43)(H,32,39)(H,33,40)(H,34,35,36,37)/t17-,23-,27-/m0/s1. The van der Waals surface area contributed by atoms with Crippen LogP contribution in [0.15, 0.2) is 48.5 Å². The number of carbonyl (C=O) groups is 5. The molecule has 3 atom stereocenters. The van der Waals surface area contributed by atoms with Gasteiger partial charge in [0.15, 0.2) is 5.82 Å². The van der Waals surface area contributed by atoms with Gasteiger partial charge >= 0.3 is 0 Å². The Morgan fingerprint density at radius 1 is 1.07 bits per heavy atom. The van der Waals surface area contributed by atoms with Crippen LogP contribution in [-0.2, 0) is 43.4 Å². The summed E-state index contributed by atoms with van der Waals surface area (Å²) < 4.78 is 0. The van der Waals surface area contributed by atoms with E-state index < -0.39 is 36.3 Å². The Bertz CT molecular complexity index is 1460. The van der Waals surface area contributed by atoms with Crippen LogP contribution in [-0.4, -0.2) is 68.8 Å². The Morgan fingerprint density at radius 2 is 1.84 bits per heavy atom. The normalized spacial score (nSPS) is 15.1. The van der Waals surface area contributed by atoms with Crippen molar-refractivity contribution in [1.29, 1.82) is 0 Å². The zero-order valence-corrected chi connectivity index (χ0v) is 24.2. The Kier molecular flexibility index (Phi) is 10.1. The van der Waals surface area contributed by atoms with Crippen molar-refractivity contribution in [2.75, 3.05) is 16.8 Å². The van der Waals surface area contributed by atoms with Crippen LogP contribution < -0.4 is 26.2 Å². The molecule has 0 spiro atoms. The van der Waals surface area contributed by atoms with Crippen molar-refractivity contribution >= 4 is 40.9 Å². The second kappa shape index (κ2) is 14.2. The summed E-state index contributed by atoms with van der Waals surface area (Å²) in [6.45, 7) is 4.70. The molecule has 14 nitrogen and oxygen atoms in total. The fourth-order valence-electron chi connectivity index (χ4n) is 4.83. The zero-order chi connectivity index (χ0) is 30.9. The molecular formula is C29H35N9O5. The van der Waals surface area contributed by atoms with E-state index in [1.54, 1.807) is 18.2 Å². The van der Waals surface area contributed by atoms with Crippen molar-refractivity contribution in [3.8, 4) is 0 Å². The van der Waals surface area contributed by atoms with Crippen molar-refractivity contribution in [3.05, 3.63) is 65.5 Å². The number of nitrogens with zero attached hydrogens (tertiary/aromatic N) is 4. The number of rotatable bonds is 12. The number of carbonyl (C=O) groups excluding carboxylic acids is 5. The van der Waals surface area contributed by atoms with Gasteiger partial charge in [-0.25, -0.2) is 0 Å². The van der Waals surface area contributed by atoms with Crippen molar-refractivity contribution in [3.63, 3.8) is 0 Å². The van der Waals surface area contributed by atoms with Crippen LogP contribution in [0.2, 0.25) is 0 Å². The summed E-state index contributed by atoms with van der Waals surface area (Å²) in [5.41, 5.74) is 2.44. The van der Waals surface area contributed by atoms with Gasteiger partial charge in [-0.05, 0) is 29.2 Å². The quantitative estimate of drug-likeness (QED) is 0.203. The molecule has 14 heteroatoms. The lowest BCUT2D eigenvalue weighted by Crippen LogP contribution is -2.54. The number of hydrogen-bond acceptors (Lipinski definition) is 8. The highest BCUT2D eigenvalue weighted by Crippen LogP contribution is 2.35. The minimum atomic E-state index is -0.921. The van der Waals surface area contributed by atoms with Crippen molar-refractivity contribution in [1.82, 2.24) is 36.6 Å². The summed E-state index contributed by atoms with van der Waals surface area (Å²) in [6.07, 6.45) is 0.950. The molecule has 226 valence electrons. The first-order valence-electron chi connectivity index (χ1n) is 14.0. The van der Waals surface area contributed by atoms with Gasteiger partial charge < -0.3 is 21.3 Å². The van der Waals surface area contributed by atoms with Gasteiger partial charge in [-0.2, -0.15) is 5.21 Å². The van der Waals surface area contributed by atoms with Gasteiger partial charge in [-0.3, -0.25) is 28.9 Å². The molecule has 1 aliphatic heterocycles. The van der Waals surface area contributed by atoms with Crippen LogP contribution in [0.3, 0.4) is 0 Å². The van der Waals surface area contributed by atoms with Crippen molar-refractivity contribution in [2.45, 2.75) is 58.7 Å². The number of amides is 5. The second-order valence-corrected chi connectivity index (χ2v) is 10.4.